The normalized spacial score (nSPS) is 17.1. The van der Waals surface area contributed by atoms with Crippen molar-refractivity contribution in [3.05, 3.63) is 113 Å². The fraction of sp³-hybridized carbons (Fsp3) is 0.375. The molecule has 0 spiro atoms. The van der Waals surface area contributed by atoms with Crippen LogP contribution in [-0.2, 0) is 44.5 Å². The van der Waals surface area contributed by atoms with Crippen molar-refractivity contribution in [3.8, 4) is 0 Å². The summed E-state index contributed by atoms with van der Waals surface area (Å²) in [6.45, 7) is 5.66. The molecule has 0 bridgehead atoms. The third-order valence-electron chi connectivity index (χ3n) is 8.41. The molecule has 0 aromatic heterocycles. The molecule has 11 nitrogen and oxygen atoms in total. The minimum atomic E-state index is -1.67. The second kappa shape index (κ2) is 19.4. The third kappa shape index (κ3) is 11.0. The second-order valence-electron chi connectivity index (χ2n) is 12.3. The summed E-state index contributed by atoms with van der Waals surface area (Å²) in [5.41, 5.74) is 2.80. The van der Waals surface area contributed by atoms with Gasteiger partial charge in [-0.1, -0.05) is 90.5 Å². The molecule has 1 saturated heterocycles. The zero-order chi connectivity index (χ0) is 36.8. The van der Waals surface area contributed by atoms with Crippen LogP contribution < -0.4 is 0 Å². The standard InChI is InChI=1S/C40H45NO10/c1-27-12-10-17-32(24-27)33(35(44)18-11-20-48-22-23-49-21-19-42)26-36(45)38(50-29(3)43)34(25-30-13-6-4-7-14-30)39(46)41-28(2)37(51-40(41)47)31-15-8-5-9-16-31/h4-10,12-17,24,26,28,34,37-38,42H,11,18-23,25H2,1-3H3/t28-,34-,37-,38-/m0/s1. The predicted octanol–water partition coefficient (Wildman–Crippen LogP) is 5.22. The lowest BCUT2D eigenvalue weighted by Crippen LogP contribution is -2.49. The minimum absolute atomic E-state index is 0.0449. The lowest BCUT2D eigenvalue weighted by Gasteiger charge is -2.29. The van der Waals surface area contributed by atoms with Gasteiger partial charge in [-0.2, -0.15) is 0 Å². The zero-order valence-electron chi connectivity index (χ0n) is 29.2. The summed E-state index contributed by atoms with van der Waals surface area (Å²) in [5, 5.41) is 8.82. The highest BCUT2D eigenvalue weighted by molar-refractivity contribution is 6.25. The Labute approximate surface area is 298 Å². The molecule has 11 heteroatoms. The highest BCUT2D eigenvalue weighted by Crippen LogP contribution is 2.35. The first kappa shape index (κ1) is 38.8. The molecule has 3 aromatic carbocycles. The number of esters is 1. The fourth-order valence-corrected chi connectivity index (χ4v) is 5.95. The summed E-state index contributed by atoms with van der Waals surface area (Å²) in [5.74, 6) is -4.01. The Balaban J connectivity index is 1.66. The third-order valence-corrected chi connectivity index (χ3v) is 8.41. The number of aryl methyl sites for hydroxylation is 1. The van der Waals surface area contributed by atoms with Crippen LogP contribution in [-0.4, -0.2) is 84.7 Å². The van der Waals surface area contributed by atoms with Gasteiger partial charge < -0.3 is 24.1 Å². The van der Waals surface area contributed by atoms with E-state index >= 15 is 0 Å². The van der Waals surface area contributed by atoms with E-state index in [-0.39, 0.29) is 44.0 Å². The Hall–Kier alpha value is -4.97. The van der Waals surface area contributed by atoms with E-state index in [1.165, 1.54) is 0 Å². The Kier molecular flexibility index (Phi) is 14.8. The van der Waals surface area contributed by atoms with Gasteiger partial charge in [-0.15, -0.1) is 0 Å². The van der Waals surface area contributed by atoms with Crippen molar-refractivity contribution in [1.82, 2.24) is 4.90 Å². The van der Waals surface area contributed by atoms with E-state index in [1.54, 1.807) is 79.7 Å². The molecule has 3 aromatic rings. The molecule has 4 rings (SSSR count). The maximum Gasteiger partial charge on any atom is 0.417 e. The SMILES string of the molecule is CC(=O)O[C@H](C(=O)C=C(C(=O)CCCOCCOCCO)c1cccc(C)c1)[C@H](Cc1ccccc1)C(=O)N1C(=O)O[C@H](c2ccccc2)[C@@H]1C. The van der Waals surface area contributed by atoms with Gasteiger partial charge in [0.25, 0.3) is 0 Å². The molecule has 0 saturated carbocycles. The number of nitrogens with zero attached hydrogens (tertiary/aromatic N) is 1. The average molecular weight is 700 g/mol. The van der Waals surface area contributed by atoms with Crippen molar-refractivity contribution in [2.75, 3.05) is 33.0 Å². The number of ketones is 2. The Morgan fingerprint density at radius 1 is 0.902 bits per heavy atom. The van der Waals surface area contributed by atoms with Crippen LogP contribution in [0.1, 0.15) is 55.0 Å². The van der Waals surface area contributed by atoms with Crippen molar-refractivity contribution < 1.29 is 48.0 Å². The highest BCUT2D eigenvalue weighted by Gasteiger charge is 2.48. The van der Waals surface area contributed by atoms with Gasteiger partial charge in [0.15, 0.2) is 17.7 Å². The number of benzene rings is 3. The maximum absolute atomic E-state index is 14.5. The van der Waals surface area contributed by atoms with Crippen molar-refractivity contribution in [1.29, 1.82) is 0 Å². The quantitative estimate of drug-likeness (QED) is 0.100. The van der Waals surface area contributed by atoms with E-state index in [0.717, 1.165) is 23.5 Å². The van der Waals surface area contributed by atoms with Crippen molar-refractivity contribution in [3.63, 3.8) is 0 Å². The van der Waals surface area contributed by atoms with Crippen LogP contribution in [0, 0.1) is 12.8 Å². The number of aliphatic hydroxyl groups is 1. The molecule has 51 heavy (non-hydrogen) atoms. The van der Waals surface area contributed by atoms with Crippen LogP contribution in [0.25, 0.3) is 5.57 Å². The largest absolute Gasteiger partial charge is 0.453 e. The van der Waals surface area contributed by atoms with Crippen LogP contribution in [0.3, 0.4) is 0 Å². The number of rotatable bonds is 19. The molecule has 1 aliphatic heterocycles. The topological polar surface area (TPSA) is 146 Å². The van der Waals surface area contributed by atoms with Gasteiger partial charge in [0, 0.05) is 25.5 Å². The van der Waals surface area contributed by atoms with Gasteiger partial charge in [-0.05, 0) is 49.5 Å². The number of hydrogen-bond acceptors (Lipinski definition) is 10. The molecule has 1 N–H and O–H groups in total. The summed E-state index contributed by atoms with van der Waals surface area (Å²) in [6, 6.07) is 24.3. The maximum atomic E-state index is 14.5. The number of carbonyl (C=O) groups is 5. The summed E-state index contributed by atoms with van der Waals surface area (Å²) in [7, 11) is 0. The first-order valence-corrected chi connectivity index (χ1v) is 17.0. The van der Waals surface area contributed by atoms with E-state index in [1.807, 2.05) is 19.1 Å². The van der Waals surface area contributed by atoms with Gasteiger partial charge in [0.05, 0.1) is 38.4 Å². The van der Waals surface area contributed by atoms with Gasteiger partial charge in [0.2, 0.25) is 5.91 Å². The first-order chi connectivity index (χ1) is 24.6. The molecular weight excluding hydrogens is 654 g/mol. The molecule has 4 atom stereocenters. The van der Waals surface area contributed by atoms with Gasteiger partial charge in [0.1, 0.15) is 6.10 Å². The van der Waals surface area contributed by atoms with E-state index in [2.05, 4.69) is 0 Å². The predicted molar refractivity (Wildman–Crippen MR) is 188 cm³/mol. The Bertz CT molecular complexity index is 1670. The van der Waals surface area contributed by atoms with Gasteiger partial charge in [-0.25, -0.2) is 9.69 Å². The number of amides is 2. The summed E-state index contributed by atoms with van der Waals surface area (Å²) >= 11 is 0. The molecule has 2 amide bonds. The molecule has 0 radical (unpaired) electrons. The highest BCUT2D eigenvalue weighted by atomic mass is 16.6. The summed E-state index contributed by atoms with van der Waals surface area (Å²) < 4.78 is 22.0. The molecular formula is C40H45NO10. The molecule has 0 aliphatic carbocycles. The van der Waals surface area contributed by atoms with E-state index in [9.17, 15) is 24.0 Å². The van der Waals surface area contributed by atoms with E-state index in [4.69, 9.17) is 24.1 Å². The van der Waals surface area contributed by atoms with Crippen LogP contribution in [0.2, 0.25) is 0 Å². The van der Waals surface area contributed by atoms with Crippen LogP contribution >= 0.6 is 0 Å². The Morgan fingerprint density at radius 2 is 1.57 bits per heavy atom. The van der Waals surface area contributed by atoms with Gasteiger partial charge in [-0.3, -0.25) is 19.2 Å². The molecule has 1 fully saturated rings. The number of cyclic esters (lactones) is 1. The number of hydrogen-bond donors (Lipinski definition) is 1. The van der Waals surface area contributed by atoms with Crippen molar-refractivity contribution in [2.45, 2.75) is 58.3 Å². The van der Waals surface area contributed by atoms with E-state index in [0.29, 0.717) is 36.3 Å². The second-order valence-corrected chi connectivity index (χ2v) is 12.3. The van der Waals surface area contributed by atoms with Gasteiger partial charge >= 0.3 is 12.1 Å². The molecule has 270 valence electrons. The van der Waals surface area contributed by atoms with Crippen LogP contribution in [0.4, 0.5) is 4.79 Å². The first-order valence-electron chi connectivity index (χ1n) is 17.0. The molecule has 1 aliphatic rings. The smallest absolute Gasteiger partial charge is 0.417 e. The molecule has 0 unspecified atom stereocenters. The summed E-state index contributed by atoms with van der Waals surface area (Å²) in [4.78, 5) is 69.3. The fourth-order valence-electron chi connectivity index (χ4n) is 5.95. The van der Waals surface area contributed by atoms with Crippen molar-refractivity contribution >= 4 is 35.1 Å². The minimum Gasteiger partial charge on any atom is -0.453 e. The number of imide groups is 1. The van der Waals surface area contributed by atoms with Crippen molar-refractivity contribution in [2.24, 2.45) is 5.92 Å². The lowest BCUT2D eigenvalue weighted by molar-refractivity contribution is -0.158. The zero-order valence-corrected chi connectivity index (χ0v) is 29.2. The van der Waals surface area contributed by atoms with Crippen LogP contribution in [0.5, 0.6) is 0 Å². The Morgan fingerprint density at radius 3 is 2.22 bits per heavy atom. The number of ether oxygens (including phenoxy) is 4. The monoisotopic (exact) mass is 699 g/mol. The van der Waals surface area contributed by atoms with Crippen LogP contribution in [0.15, 0.2) is 91.0 Å². The lowest BCUT2D eigenvalue weighted by atomic mass is 9.87. The average Bonchev–Trinajstić information content (AvgIpc) is 3.43. The number of aliphatic hydroxyl groups excluding tert-OH is 1. The summed E-state index contributed by atoms with van der Waals surface area (Å²) in [6.07, 6.45) is -1.79. The number of allylic oxidation sites excluding steroid dienone is 1. The number of Topliss-reactive ketones (excluding diaryl/α,β-unsaturated/α-hetero) is 1. The van der Waals surface area contributed by atoms with E-state index < -0.39 is 47.9 Å². The number of carbonyl (C=O) groups excluding carboxylic acids is 5. The molecule has 1 heterocycles.